The van der Waals surface area contributed by atoms with Gasteiger partial charge in [0.05, 0.1) is 23.9 Å². The molecule has 148 valence electrons. The van der Waals surface area contributed by atoms with Crippen LogP contribution >= 0.6 is 11.8 Å². The number of carbonyl (C=O) groups excluding carboxylic acids is 1. The Kier molecular flexibility index (Phi) is 4.55. The number of nitrogens with one attached hydrogen (secondary N) is 1. The van der Waals surface area contributed by atoms with E-state index in [1.54, 1.807) is 0 Å². The molecule has 0 radical (unpaired) electrons. The van der Waals surface area contributed by atoms with Gasteiger partial charge in [-0.25, -0.2) is 9.78 Å². The predicted molar refractivity (Wildman–Crippen MR) is 117 cm³/mol. The van der Waals surface area contributed by atoms with Crippen LogP contribution in [0.5, 0.6) is 0 Å². The summed E-state index contributed by atoms with van der Waals surface area (Å²) < 4.78 is 5.01. The molecule has 0 unspecified atom stereocenters. The van der Waals surface area contributed by atoms with Crippen molar-refractivity contribution in [2.24, 2.45) is 0 Å². The van der Waals surface area contributed by atoms with Gasteiger partial charge in [-0.05, 0) is 24.6 Å². The number of methoxy groups -OCH3 is 1. The fourth-order valence-corrected chi connectivity index (χ4v) is 4.35. The number of carbonyl (C=O) groups is 1. The molecule has 0 bridgehead atoms. The molecule has 8 heteroatoms. The third kappa shape index (κ3) is 3.05. The van der Waals surface area contributed by atoms with Crippen molar-refractivity contribution < 1.29 is 9.53 Å². The number of aromatic nitrogens is 5. The number of esters is 1. The SMILES string of the molecule is COC(=O)c1c(CSc2nnc3c(n2)[nH]c2ccccc23)nc2ccccc2c1C. The highest BCUT2D eigenvalue weighted by atomic mass is 32.2. The fraction of sp³-hybridized carbons (Fsp3) is 0.136. The number of ether oxygens (including phenoxy) is 1. The summed E-state index contributed by atoms with van der Waals surface area (Å²) in [5.74, 6) is 0.0234. The van der Waals surface area contributed by atoms with Gasteiger partial charge in [0.25, 0.3) is 0 Å². The van der Waals surface area contributed by atoms with Crippen LogP contribution in [0.15, 0.2) is 53.7 Å². The van der Waals surface area contributed by atoms with Crippen LogP contribution in [0.4, 0.5) is 0 Å². The maximum Gasteiger partial charge on any atom is 0.340 e. The normalized spacial score (nSPS) is 11.4. The van der Waals surface area contributed by atoms with Crippen LogP contribution in [0.3, 0.4) is 0 Å². The number of rotatable bonds is 4. The molecule has 0 atom stereocenters. The zero-order valence-corrected chi connectivity index (χ0v) is 17.2. The molecule has 5 rings (SSSR count). The number of para-hydroxylation sites is 2. The number of pyridine rings is 1. The number of hydrogen-bond donors (Lipinski definition) is 1. The van der Waals surface area contributed by atoms with Gasteiger partial charge in [0, 0.05) is 22.0 Å². The van der Waals surface area contributed by atoms with Crippen molar-refractivity contribution in [1.82, 2.24) is 25.1 Å². The van der Waals surface area contributed by atoms with Crippen molar-refractivity contribution in [2.45, 2.75) is 17.8 Å². The molecule has 1 N–H and O–H groups in total. The average Bonchev–Trinajstić information content (AvgIpc) is 3.15. The Labute approximate surface area is 175 Å². The summed E-state index contributed by atoms with van der Waals surface area (Å²) >= 11 is 1.38. The van der Waals surface area contributed by atoms with Gasteiger partial charge in [-0.2, -0.15) is 0 Å². The number of nitrogens with zero attached hydrogens (tertiary/aromatic N) is 4. The number of aromatic amines is 1. The van der Waals surface area contributed by atoms with Crippen LogP contribution in [-0.2, 0) is 10.5 Å². The first-order chi connectivity index (χ1) is 14.7. The molecule has 0 amide bonds. The molecule has 7 nitrogen and oxygen atoms in total. The van der Waals surface area contributed by atoms with Crippen molar-refractivity contribution in [3.05, 3.63) is 65.4 Å². The van der Waals surface area contributed by atoms with Crippen LogP contribution in [0, 0.1) is 6.92 Å². The Morgan fingerprint density at radius 1 is 1.03 bits per heavy atom. The summed E-state index contributed by atoms with van der Waals surface area (Å²) in [6, 6.07) is 15.6. The lowest BCUT2D eigenvalue weighted by atomic mass is 10.0. The van der Waals surface area contributed by atoms with Crippen molar-refractivity contribution in [2.75, 3.05) is 7.11 Å². The van der Waals surface area contributed by atoms with E-state index in [9.17, 15) is 4.79 Å². The van der Waals surface area contributed by atoms with Crippen LogP contribution in [0.25, 0.3) is 33.0 Å². The number of thioether (sulfide) groups is 1. The summed E-state index contributed by atoms with van der Waals surface area (Å²) in [6.45, 7) is 1.92. The second-order valence-electron chi connectivity index (χ2n) is 6.82. The molecule has 0 aliphatic rings. The van der Waals surface area contributed by atoms with Crippen LogP contribution in [0.2, 0.25) is 0 Å². The maximum absolute atomic E-state index is 12.5. The van der Waals surface area contributed by atoms with E-state index >= 15 is 0 Å². The van der Waals surface area contributed by atoms with Gasteiger partial charge in [0.2, 0.25) is 5.16 Å². The van der Waals surface area contributed by atoms with Gasteiger partial charge in [0.1, 0.15) is 5.52 Å². The molecular formula is C22H17N5O2S. The van der Waals surface area contributed by atoms with Gasteiger partial charge in [-0.3, -0.25) is 4.98 Å². The van der Waals surface area contributed by atoms with E-state index < -0.39 is 5.97 Å². The Morgan fingerprint density at radius 2 is 1.80 bits per heavy atom. The van der Waals surface area contributed by atoms with Gasteiger partial charge in [0.15, 0.2) is 5.65 Å². The molecule has 3 heterocycles. The van der Waals surface area contributed by atoms with Crippen molar-refractivity contribution in [3.63, 3.8) is 0 Å². The summed E-state index contributed by atoms with van der Waals surface area (Å²) in [6.07, 6.45) is 0. The summed E-state index contributed by atoms with van der Waals surface area (Å²) in [5, 5.41) is 11.0. The standard InChI is InChI=1S/C22H17N5O2S/c1-12-13-7-3-5-9-15(13)23-17(18(12)21(28)29-2)11-30-22-25-20-19(26-27-22)14-8-4-6-10-16(14)24-20/h3-10H,11H2,1-2H3,(H,24,25,27). The number of benzene rings is 2. The molecular weight excluding hydrogens is 398 g/mol. The molecule has 0 aliphatic heterocycles. The van der Waals surface area contributed by atoms with Gasteiger partial charge in [-0.1, -0.05) is 48.2 Å². The van der Waals surface area contributed by atoms with E-state index in [4.69, 9.17) is 9.72 Å². The Morgan fingerprint density at radius 3 is 2.63 bits per heavy atom. The highest BCUT2D eigenvalue weighted by molar-refractivity contribution is 7.98. The van der Waals surface area contributed by atoms with Crippen molar-refractivity contribution in [3.8, 4) is 0 Å². The smallest absolute Gasteiger partial charge is 0.340 e. The molecule has 30 heavy (non-hydrogen) atoms. The molecule has 0 spiro atoms. The molecule has 0 saturated heterocycles. The third-order valence-corrected chi connectivity index (χ3v) is 5.91. The number of H-pyrrole nitrogens is 1. The number of aryl methyl sites for hydroxylation is 1. The van der Waals surface area contributed by atoms with Crippen molar-refractivity contribution in [1.29, 1.82) is 0 Å². The maximum atomic E-state index is 12.5. The largest absolute Gasteiger partial charge is 0.465 e. The third-order valence-electron chi connectivity index (χ3n) is 5.06. The van der Waals surface area contributed by atoms with E-state index in [-0.39, 0.29) is 0 Å². The minimum absolute atomic E-state index is 0.397. The second-order valence-corrected chi connectivity index (χ2v) is 7.76. The fourth-order valence-electron chi connectivity index (χ4n) is 3.62. The lowest BCUT2D eigenvalue weighted by Gasteiger charge is -2.12. The van der Waals surface area contributed by atoms with E-state index in [1.165, 1.54) is 18.9 Å². The van der Waals surface area contributed by atoms with E-state index in [2.05, 4.69) is 20.2 Å². The molecule has 3 aromatic heterocycles. The lowest BCUT2D eigenvalue weighted by molar-refractivity contribution is 0.0598. The van der Waals surface area contributed by atoms with E-state index in [0.717, 1.165) is 32.9 Å². The minimum Gasteiger partial charge on any atom is -0.465 e. The lowest BCUT2D eigenvalue weighted by Crippen LogP contribution is -2.10. The van der Waals surface area contributed by atoms with E-state index in [0.29, 0.717) is 27.8 Å². The molecule has 2 aromatic carbocycles. The molecule has 5 aromatic rings. The van der Waals surface area contributed by atoms with Crippen LogP contribution in [0.1, 0.15) is 21.6 Å². The first-order valence-electron chi connectivity index (χ1n) is 9.36. The van der Waals surface area contributed by atoms with Crippen molar-refractivity contribution >= 4 is 50.7 Å². The number of fused-ring (bicyclic) bond motifs is 4. The van der Waals surface area contributed by atoms with E-state index in [1.807, 2.05) is 55.5 Å². The number of hydrogen-bond acceptors (Lipinski definition) is 7. The Bertz CT molecular complexity index is 1430. The highest BCUT2D eigenvalue weighted by Crippen LogP contribution is 2.29. The van der Waals surface area contributed by atoms with Gasteiger partial charge in [-0.15, -0.1) is 10.2 Å². The zero-order chi connectivity index (χ0) is 20.7. The second kappa shape index (κ2) is 7.38. The molecule has 0 aliphatic carbocycles. The summed E-state index contributed by atoms with van der Waals surface area (Å²) in [5.41, 5.74) is 5.22. The predicted octanol–water partition coefficient (Wildman–Crippen LogP) is 4.44. The summed E-state index contributed by atoms with van der Waals surface area (Å²) in [7, 11) is 1.38. The minimum atomic E-state index is -0.397. The topological polar surface area (TPSA) is 93.6 Å². The monoisotopic (exact) mass is 415 g/mol. The van der Waals surface area contributed by atoms with Gasteiger partial charge >= 0.3 is 5.97 Å². The highest BCUT2D eigenvalue weighted by Gasteiger charge is 2.20. The first-order valence-corrected chi connectivity index (χ1v) is 10.3. The summed E-state index contributed by atoms with van der Waals surface area (Å²) in [4.78, 5) is 25.0. The first kappa shape index (κ1) is 18.5. The quantitative estimate of drug-likeness (QED) is 0.342. The molecule has 0 saturated carbocycles. The zero-order valence-electron chi connectivity index (χ0n) is 16.3. The Hall–Kier alpha value is -3.52. The molecule has 0 fully saturated rings. The average molecular weight is 415 g/mol. The van der Waals surface area contributed by atoms with Crippen LogP contribution in [-0.4, -0.2) is 38.2 Å². The van der Waals surface area contributed by atoms with Gasteiger partial charge < -0.3 is 9.72 Å². The Balaban J connectivity index is 1.52. The van der Waals surface area contributed by atoms with Crippen LogP contribution < -0.4 is 0 Å².